The summed E-state index contributed by atoms with van der Waals surface area (Å²) in [6, 6.07) is -0.565. The summed E-state index contributed by atoms with van der Waals surface area (Å²) in [5, 5.41) is 2.52. The molecule has 1 saturated carbocycles. The number of carbonyl (C=O) groups excluding carboxylic acids is 2. The number of methoxy groups -OCH3 is 2. The number of hydrogen-bond donors (Lipinski definition) is 1. The van der Waals surface area contributed by atoms with Crippen LogP contribution in [0.2, 0.25) is 0 Å². The van der Waals surface area contributed by atoms with Crippen LogP contribution < -0.4 is 5.32 Å². The summed E-state index contributed by atoms with van der Waals surface area (Å²) in [5.41, 5.74) is 0. The van der Waals surface area contributed by atoms with E-state index in [0.717, 1.165) is 25.7 Å². The van der Waals surface area contributed by atoms with Gasteiger partial charge in [-0.05, 0) is 18.8 Å². The number of rotatable bonds is 3. The molecule has 15 heavy (non-hydrogen) atoms. The molecule has 1 atom stereocenters. The third-order valence-electron chi connectivity index (χ3n) is 2.79. The highest BCUT2D eigenvalue weighted by molar-refractivity contribution is 5.81. The fourth-order valence-corrected chi connectivity index (χ4v) is 1.97. The summed E-state index contributed by atoms with van der Waals surface area (Å²) < 4.78 is 9.14. The predicted octanol–water partition coefficient (Wildman–Crippen LogP) is 1.07. The lowest BCUT2D eigenvalue weighted by Crippen LogP contribution is -2.45. The van der Waals surface area contributed by atoms with E-state index in [1.54, 1.807) is 0 Å². The van der Waals surface area contributed by atoms with Crippen molar-refractivity contribution in [3.8, 4) is 0 Å². The van der Waals surface area contributed by atoms with E-state index < -0.39 is 18.1 Å². The van der Waals surface area contributed by atoms with E-state index >= 15 is 0 Å². The molecule has 0 aromatic carbocycles. The van der Waals surface area contributed by atoms with Gasteiger partial charge in [-0.1, -0.05) is 12.8 Å². The summed E-state index contributed by atoms with van der Waals surface area (Å²) in [6.45, 7) is 0. The fourth-order valence-electron chi connectivity index (χ4n) is 1.97. The standard InChI is InChI=1S/C10H17NO4/c1-14-9(12)8(11-10(13)15-2)7-5-3-4-6-7/h7-8H,3-6H2,1-2H3,(H,11,13). The zero-order valence-corrected chi connectivity index (χ0v) is 9.12. The maximum atomic E-state index is 11.5. The van der Waals surface area contributed by atoms with E-state index in [2.05, 4.69) is 14.8 Å². The Morgan fingerprint density at radius 2 is 1.80 bits per heavy atom. The van der Waals surface area contributed by atoms with Gasteiger partial charge in [0.1, 0.15) is 6.04 Å². The van der Waals surface area contributed by atoms with Crippen LogP contribution in [-0.2, 0) is 14.3 Å². The van der Waals surface area contributed by atoms with Crippen molar-refractivity contribution in [3.63, 3.8) is 0 Å². The summed E-state index contributed by atoms with van der Waals surface area (Å²) in [5.74, 6) is -0.219. The minimum atomic E-state index is -0.586. The first-order chi connectivity index (χ1) is 7.19. The zero-order chi connectivity index (χ0) is 11.3. The molecule has 1 amide bonds. The summed E-state index contributed by atoms with van der Waals surface area (Å²) in [7, 11) is 2.60. The molecule has 5 nitrogen and oxygen atoms in total. The van der Waals surface area contributed by atoms with Gasteiger partial charge in [0.2, 0.25) is 0 Å². The van der Waals surface area contributed by atoms with Crippen molar-refractivity contribution in [2.45, 2.75) is 31.7 Å². The van der Waals surface area contributed by atoms with Gasteiger partial charge in [-0.2, -0.15) is 0 Å². The SMILES string of the molecule is COC(=O)NC(C(=O)OC)C1CCCC1. The molecule has 1 aliphatic carbocycles. The lowest BCUT2D eigenvalue weighted by molar-refractivity contribution is -0.144. The van der Waals surface area contributed by atoms with Crippen LogP contribution in [0.5, 0.6) is 0 Å². The van der Waals surface area contributed by atoms with Crippen molar-refractivity contribution in [2.75, 3.05) is 14.2 Å². The Morgan fingerprint density at radius 1 is 1.20 bits per heavy atom. The molecule has 1 unspecified atom stereocenters. The number of ether oxygens (including phenoxy) is 2. The van der Waals surface area contributed by atoms with Crippen molar-refractivity contribution in [2.24, 2.45) is 5.92 Å². The fraction of sp³-hybridized carbons (Fsp3) is 0.800. The van der Waals surface area contributed by atoms with Gasteiger partial charge in [-0.15, -0.1) is 0 Å². The number of carbonyl (C=O) groups is 2. The molecule has 0 saturated heterocycles. The van der Waals surface area contributed by atoms with E-state index in [9.17, 15) is 9.59 Å². The number of amides is 1. The Balaban J connectivity index is 2.59. The van der Waals surface area contributed by atoms with Gasteiger partial charge in [0.15, 0.2) is 0 Å². The van der Waals surface area contributed by atoms with Crippen LogP contribution in [0.15, 0.2) is 0 Å². The molecule has 86 valence electrons. The first kappa shape index (κ1) is 11.8. The average Bonchev–Trinajstić information content (AvgIpc) is 2.77. The van der Waals surface area contributed by atoms with Gasteiger partial charge in [-0.3, -0.25) is 0 Å². The van der Waals surface area contributed by atoms with Crippen molar-refractivity contribution >= 4 is 12.1 Å². The van der Waals surface area contributed by atoms with Crippen LogP contribution in [0.4, 0.5) is 4.79 Å². The van der Waals surface area contributed by atoms with Crippen LogP contribution in [0.3, 0.4) is 0 Å². The molecule has 1 rings (SSSR count). The number of alkyl carbamates (subject to hydrolysis) is 1. The molecular formula is C10H17NO4. The molecular weight excluding hydrogens is 198 g/mol. The van der Waals surface area contributed by atoms with Crippen LogP contribution in [0.1, 0.15) is 25.7 Å². The maximum absolute atomic E-state index is 11.5. The highest BCUT2D eigenvalue weighted by Crippen LogP contribution is 2.28. The third-order valence-corrected chi connectivity index (χ3v) is 2.79. The molecule has 0 aliphatic heterocycles. The third kappa shape index (κ3) is 3.11. The van der Waals surface area contributed by atoms with E-state index in [4.69, 9.17) is 0 Å². The van der Waals surface area contributed by atoms with Gasteiger partial charge < -0.3 is 14.8 Å². The normalized spacial score (nSPS) is 18.3. The number of hydrogen-bond acceptors (Lipinski definition) is 4. The van der Waals surface area contributed by atoms with E-state index in [-0.39, 0.29) is 5.92 Å². The molecule has 1 fully saturated rings. The predicted molar refractivity (Wildman–Crippen MR) is 53.3 cm³/mol. The molecule has 0 spiro atoms. The highest BCUT2D eigenvalue weighted by Gasteiger charge is 2.32. The smallest absolute Gasteiger partial charge is 0.407 e. The van der Waals surface area contributed by atoms with Gasteiger partial charge in [0.25, 0.3) is 0 Å². The molecule has 0 radical (unpaired) electrons. The quantitative estimate of drug-likeness (QED) is 0.715. The summed E-state index contributed by atoms with van der Waals surface area (Å²) in [6.07, 6.45) is 3.51. The van der Waals surface area contributed by atoms with Crippen LogP contribution >= 0.6 is 0 Å². The second-order valence-corrected chi connectivity index (χ2v) is 3.68. The average molecular weight is 215 g/mol. The maximum Gasteiger partial charge on any atom is 0.407 e. The van der Waals surface area contributed by atoms with Crippen LogP contribution in [-0.4, -0.2) is 32.3 Å². The lowest BCUT2D eigenvalue weighted by atomic mass is 9.98. The molecule has 0 heterocycles. The highest BCUT2D eigenvalue weighted by atomic mass is 16.5. The van der Waals surface area contributed by atoms with Gasteiger partial charge >= 0.3 is 12.1 Å². The minimum absolute atomic E-state index is 0.177. The second kappa shape index (κ2) is 5.58. The monoisotopic (exact) mass is 215 g/mol. The Labute approximate surface area is 89.1 Å². The first-order valence-electron chi connectivity index (χ1n) is 5.11. The minimum Gasteiger partial charge on any atom is -0.467 e. The lowest BCUT2D eigenvalue weighted by Gasteiger charge is -2.21. The first-order valence-corrected chi connectivity index (χ1v) is 5.11. The topological polar surface area (TPSA) is 64.6 Å². The zero-order valence-electron chi connectivity index (χ0n) is 9.12. The van der Waals surface area contributed by atoms with Gasteiger partial charge in [-0.25, -0.2) is 9.59 Å². The van der Waals surface area contributed by atoms with Crippen LogP contribution in [0.25, 0.3) is 0 Å². The van der Waals surface area contributed by atoms with Crippen molar-refractivity contribution in [1.29, 1.82) is 0 Å². The Morgan fingerprint density at radius 3 is 2.27 bits per heavy atom. The summed E-state index contributed by atoms with van der Waals surface area (Å²) in [4.78, 5) is 22.5. The summed E-state index contributed by atoms with van der Waals surface area (Å²) >= 11 is 0. The molecule has 1 N–H and O–H groups in total. The molecule has 5 heteroatoms. The van der Waals surface area contributed by atoms with Crippen molar-refractivity contribution in [3.05, 3.63) is 0 Å². The largest absolute Gasteiger partial charge is 0.467 e. The Bertz CT molecular complexity index is 236. The van der Waals surface area contributed by atoms with Crippen molar-refractivity contribution < 1.29 is 19.1 Å². The van der Waals surface area contributed by atoms with Crippen molar-refractivity contribution in [1.82, 2.24) is 5.32 Å². The number of esters is 1. The van der Waals surface area contributed by atoms with Gasteiger partial charge in [0.05, 0.1) is 14.2 Å². The Hall–Kier alpha value is -1.26. The molecule has 0 bridgehead atoms. The number of nitrogens with one attached hydrogen (secondary N) is 1. The molecule has 1 aliphatic rings. The Kier molecular flexibility index (Phi) is 4.39. The molecule has 0 aromatic rings. The molecule has 0 aromatic heterocycles. The second-order valence-electron chi connectivity index (χ2n) is 3.68. The van der Waals surface area contributed by atoms with E-state index in [1.807, 2.05) is 0 Å². The van der Waals surface area contributed by atoms with E-state index in [1.165, 1.54) is 14.2 Å². The van der Waals surface area contributed by atoms with Crippen LogP contribution in [0, 0.1) is 5.92 Å². The van der Waals surface area contributed by atoms with E-state index in [0.29, 0.717) is 0 Å². The van der Waals surface area contributed by atoms with Gasteiger partial charge in [0, 0.05) is 0 Å².